The third-order valence-electron chi connectivity index (χ3n) is 4.79. The number of rotatable bonds is 6. The van der Waals surface area contributed by atoms with E-state index in [1.165, 1.54) is 0 Å². The number of para-hydroxylation sites is 1. The van der Waals surface area contributed by atoms with E-state index in [9.17, 15) is 4.79 Å². The van der Waals surface area contributed by atoms with Gasteiger partial charge in [0.25, 0.3) is 0 Å². The smallest absolute Gasteiger partial charge is 0.241 e. The van der Waals surface area contributed by atoms with Crippen molar-refractivity contribution in [2.24, 2.45) is 0 Å². The van der Waals surface area contributed by atoms with Crippen molar-refractivity contribution >= 4 is 16.9 Å². The second-order valence-corrected chi connectivity index (χ2v) is 6.36. The van der Waals surface area contributed by atoms with Crippen LogP contribution in [-0.4, -0.2) is 76.0 Å². The van der Waals surface area contributed by atoms with Crippen molar-refractivity contribution in [2.45, 2.75) is 26.4 Å². The second-order valence-electron chi connectivity index (χ2n) is 6.36. The van der Waals surface area contributed by atoms with E-state index >= 15 is 0 Å². The molecule has 2 heterocycles. The molecule has 1 saturated heterocycles. The first-order valence-corrected chi connectivity index (χ1v) is 8.68. The number of nitrogens with one attached hydrogen (secondary N) is 1. The Kier molecular flexibility index (Phi) is 5.42. The summed E-state index contributed by atoms with van der Waals surface area (Å²) in [6.07, 6.45) is 0. The molecule has 0 radical (unpaired) electrons. The monoisotopic (exact) mass is 330 g/mol. The van der Waals surface area contributed by atoms with Crippen molar-refractivity contribution in [3.05, 3.63) is 24.3 Å². The highest BCUT2D eigenvalue weighted by atomic mass is 16.2. The predicted octanol–water partition coefficient (Wildman–Crippen LogP) is 0.574. The summed E-state index contributed by atoms with van der Waals surface area (Å²) < 4.78 is 1.65. The van der Waals surface area contributed by atoms with E-state index in [1.54, 1.807) is 4.68 Å². The van der Waals surface area contributed by atoms with Gasteiger partial charge in [-0.2, -0.15) is 0 Å². The van der Waals surface area contributed by atoms with Crippen LogP contribution in [-0.2, 0) is 11.3 Å². The van der Waals surface area contributed by atoms with Crippen LogP contribution in [0.3, 0.4) is 0 Å². The standard InChI is InChI=1S/C17H26N6O/c1-3-21-8-10-22(11-9-21)14(2)12-18-17(24)13-23-16-7-5-4-6-15(16)19-20-23/h4-7,14H,3,8-13H2,1-2H3,(H,18,24)/t14-/m0/s1. The zero-order chi connectivity index (χ0) is 16.9. The normalized spacial score (nSPS) is 17.9. The molecule has 0 saturated carbocycles. The third-order valence-corrected chi connectivity index (χ3v) is 4.79. The van der Waals surface area contributed by atoms with Crippen LogP contribution < -0.4 is 5.32 Å². The number of aromatic nitrogens is 3. The summed E-state index contributed by atoms with van der Waals surface area (Å²) in [5.41, 5.74) is 1.70. The number of nitrogens with zero attached hydrogens (tertiary/aromatic N) is 5. The third kappa shape index (κ3) is 3.91. The fourth-order valence-corrected chi connectivity index (χ4v) is 3.14. The van der Waals surface area contributed by atoms with Gasteiger partial charge in [0.1, 0.15) is 12.1 Å². The molecule has 0 bridgehead atoms. The molecular formula is C17H26N6O. The molecule has 0 aliphatic carbocycles. The molecule has 24 heavy (non-hydrogen) atoms. The molecule has 1 aliphatic rings. The van der Waals surface area contributed by atoms with Crippen molar-refractivity contribution in [1.29, 1.82) is 0 Å². The second kappa shape index (κ2) is 7.72. The van der Waals surface area contributed by atoms with E-state index in [4.69, 9.17) is 0 Å². The van der Waals surface area contributed by atoms with Crippen molar-refractivity contribution < 1.29 is 4.79 Å². The topological polar surface area (TPSA) is 66.3 Å². The maximum atomic E-state index is 12.2. The van der Waals surface area contributed by atoms with Crippen LogP contribution in [0.4, 0.5) is 0 Å². The molecule has 0 spiro atoms. The lowest BCUT2D eigenvalue weighted by Crippen LogP contribution is -2.52. The summed E-state index contributed by atoms with van der Waals surface area (Å²) in [6.45, 7) is 10.7. The Hall–Kier alpha value is -1.99. The lowest BCUT2D eigenvalue weighted by Gasteiger charge is -2.37. The summed E-state index contributed by atoms with van der Waals surface area (Å²) in [7, 11) is 0. The number of piperazine rings is 1. The minimum Gasteiger partial charge on any atom is -0.353 e. The van der Waals surface area contributed by atoms with Gasteiger partial charge in [0.2, 0.25) is 5.91 Å². The molecule has 7 heteroatoms. The Morgan fingerprint density at radius 2 is 2.00 bits per heavy atom. The largest absolute Gasteiger partial charge is 0.353 e. The zero-order valence-corrected chi connectivity index (χ0v) is 14.5. The van der Waals surface area contributed by atoms with Gasteiger partial charge < -0.3 is 10.2 Å². The quantitative estimate of drug-likeness (QED) is 0.839. The number of carbonyl (C=O) groups is 1. The van der Waals surface area contributed by atoms with Gasteiger partial charge in [-0.15, -0.1) is 5.10 Å². The van der Waals surface area contributed by atoms with Crippen LogP contribution in [0, 0.1) is 0 Å². The minimum atomic E-state index is -0.0234. The summed E-state index contributed by atoms with van der Waals surface area (Å²) in [5, 5.41) is 11.2. The highest BCUT2D eigenvalue weighted by Gasteiger charge is 2.20. The highest BCUT2D eigenvalue weighted by Crippen LogP contribution is 2.09. The van der Waals surface area contributed by atoms with Crippen molar-refractivity contribution in [1.82, 2.24) is 30.1 Å². The first-order chi connectivity index (χ1) is 11.7. The molecule has 0 unspecified atom stereocenters. The lowest BCUT2D eigenvalue weighted by molar-refractivity contribution is -0.122. The van der Waals surface area contributed by atoms with Gasteiger partial charge in [0.15, 0.2) is 0 Å². The lowest BCUT2D eigenvalue weighted by atomic mass is 10.2. The van der Waals surface area contributed by atoms with Crippen LogP contribution in [0.5, 0.6) is 0 Å². The Labute approximate surface area is 142 Å². The van der Waals surface area contributed by atoms with Crippen molar-refractivity contribution in [2.75, 3.05) is 39.3 Å². The summed E-state index contributed by atoms with van der Waals surface area (Å²) >= 11 is 0. The number of amides is 1. The molecule has 1 aliphatic heterocycles. The van der Waals surface area contributed by atoms with Crippen molar-refractivity contribution in [3.8, 4) is 0 Å². The highest BCUT2D eigenvalue weighted by molar-refractivity contribution is 5.79. The van der Waals surface area contributed by atoms with Gasteiger partial charge >= 0.3 is 0 Å². The number of likely N-dealkylation sites (N-methyl/N-ethyl adjacent to an activating group) is 1. The van der Waals surface area contributed by atoms with Gasteiger partial charge in [0, 0.05) is 38.8 Å². The summed E-state index contributed by atoms with van der Waals surface area (Å²) in [5.74, 6) is -0.0234. The molecular weight excluding hydrogens is 304 g/mol. The van der Waals surface area contributed by atoms with Gasteiger partial charge in [-0.3, -0.25) is 9.69 Å². The Morgan fingerprint density at radius 3 is 2.75 bits per heavy atom. The van der Waals surface area contributed by atoms with E-state index in [-0.39, 0.29) is 12.5 Å². The Morgan fingerprint density at radius 1 is 1.25 bits per heavy atom. The molecule has 3 rings (SSSR count). The summed E-state index contributed by atoms with van der Waals surface area (Å²) in [6, 6.07) is 8.02. The van der Waals surface area contributed by atoms with E-state index in [1.807, 2.05) is 24.3 Å². The fourth-order valence-electron chi connectivity index (χ4n) is 3.14. The van der Waals surface area contributed by atoms with E-state index < -0.39 is 0 Å². The van der Waals surface area contributed by atoms with Gasteiger partial charge in [-0.25, -0.2) is 4.68 Å². The van der Waals surface area contributed by atoms with E-state index in [0.29, 0.717) is 12.6 Å². The average Bonchev–Trinajstić information content (AvgIpc) is 3.03. The molecule has 130 valence electrons. The summed E-state index contributed by atoms with van der Waals surface area (Å²) in [4.78, 5) is 17.1. The van der Waals surface area contributed by atoms with Gasteiger partial charge in [0.05, 0.1) is 5.52 Å². The zero-order valence-electron chi connectivity index (χ0n) is 14.5. The molecule has 1 N–H and O–H groups in total. The number of hydrogen-bond donors (Lipinski definition) is 1. The molecule has 1 aromatic carbocycles. The van der Waals surface area contributed by atoms with Crippen LogP contribution in [0.1, 0.15) is 13.8 Å². The predicted molar refractivity (Wildman–Crippen MR) is 93.7 cm³/mol. The number of benzene rings is 1. The Bertz CT molecular complexity index is 677. The number of fused-ring (bicyclic) bond motifs is 1. The fraction of sp³-hybridized carbons (Fsp3) is 0.588. The molecule has 1 atom stereocenters. The number of carbonyl (C=O) groups excluding carboxylic acids is 1. The molecule has 1 fully saturated rings. The molecule has 7 nitrogen and oxygen atoms in total. The number of hydrogen-bond acceptors (Lipinski definition) is 5. The van der Waals surface area contributed by atoms with Crippen LogP contribution in [0.2, 0.25) is 0 Å². The van der Waals surface area contributed by atoms with E-state index in [0.717, 1.165) is 43.8 Å². The maximum Gasteiger partial charge on any atom is 0.241 e. The van der Waals surface area contributed by atoms with Crippen LogP contribution >= 0.6 is 0 Å². The SMILES string of the molecule is CCN1CCN([C@@H](C)CNC(=O)Cn2nnc3ccccc32)CC1. The first-order valence-electron chi connectivity index (χ1n) is 8.68. The Balaban J connectivity index is 1.47. The molecule has 1 amide bonds. The van der Waals surface area contributed by atoms with Crippen LogP contribution in [0.25, 0.3) is 11.0 Å². The minimum absolute atomic E-state index is 0.0234. The maximum absolute atomic E-state index is 12.2. The molecule has 2 aromatic rings. The van der Waals surface area contributed by atoms with Crippen LogP contribution in [0.15, 0.2) is 24.3 Å². The van der Waals surface area contributed by atoms with Gasteiger partial charge in [-0.05, 0) is 25.6 Å². The first kappa shape index (κ1) is 16.9. The van der Waals surface area contributed by atoms with Gasteiger partial charge in [-0.1, -0.05) is 24.3 Å². The molecule has 1 aromatic heterocycles. The average molecular weight is 330 g/mol. The van der Waals surface area contributed by atoms with E-state index in [2.05, 4.69) is 39.3 Å². The van der Waals surface area contributed by atoms with Crippen molar-refractivity contribution in [3.63, 3.8) is 0 Å².